The zero-order valence-electron chi connectivity index (χ0n) is 5.59. The molecule has 0 N–H and O–H groups in total. The van der Waals surface area contributed by atoms with Gasteiger partial charge in [-0.2, -0.15) is 0 Å². The van der Waals surface area contributed by atoms with E-state index in [1.807, 2.05) is 6.07 Å². The van der Waals surface area contributed by atoms with E-state index in [0.29, 0.717) is 13.2 Å². The fourth-order valence-corrected chi connectivity index (χ4v) is 1.11. The highest BCUT2D eigenvalue weighted by Gasteiger charge is 2.14. The summed E-state index contributed by atoms with van der Waals surface area (Å²) in [5, 5.41) is 0. The van der Waals surface area contributed by atoms with Crippen molar-refractivity contribution in [3.05, 3.63) is 30.2 Å². The van der Waals surface area contributed by atoms with Crippen molar-refractivity contribution < 1.29 is 9.15 Å². The number of hydrogen-bond acceptors (Lipinski definition) is 2. The summed E-state index contributed by atoms with van der Waals surface area (Å²) < 4.78 is 10.3. The van der Waals surface area contributed by atoms with E-state index in [0.717, 1.165) is 16.9 Å². The van der Waals surface area contributed by atoms with Crippen LogP contribution in [0.3, 0.4) is 0 Å². The molecular weight excluding hydrogens is 128 g/mol. The molecule has 2 nitrogen and oxygen atoms in total. The molecule has 0 bridgehead atoms. The van der Waals surface area contributed by atoms with E-state index in [2.05, 4.69) is 6.58 Å². The van der Waals surface area contributed by atoms with Crippen LogP contribution in [-0.4, -0.2) is 6.61 Å². The minimum Gasteiger partial charge on any atom is -0.466 e. The summed E-state index contributed by atoms with van der Waals surface area (Å²) in [6.45, 7) is 5.06. The van der Waals surface area contributed by atoms with Crippen molar-refractivity contribution >= 4 is 5.57 Å². The summed E-state index contributed by atoms with van der Waals surface area (Å²) in [5.41, 5.74) is 2.13. The topological polar surface area (TPSA) is 22.4 Å². The van der Waals surface area contributed by atoms with Crippen LogP contribution < -0.4 is 0 Å². The van der Waals surface area contributed by atoms with Crippen LogP contribution in [0.15, 0.2) is 23.3 Å². The molecule has 0 atom stereocenters. The number of rotatable bonds is 0. The van der Waals surface area contributed by atoms with Crippen molar-refractivity contribution in [2.45, 2.75) is 6.61 Å². The molecule has 0 aliphatic carbocycles. The van der Waals surface area contributed by atoms with Crippen molar-refractivity contribution in [3.63, 3.8) is 0 Å². The molecule has 52 valence electrons. The van der Waals surface area contributed by atoms with Crippen LogP contribution in [0.1, 0.15) is 11.3 Å². The van der Waals surface area contributed by atoms with Crippen LogP contribution in [0.25, 0.3) is 5.57 Å². The summed E-state index contributed by atoms with van der Waals surface area (Å²) in [4.78, 5) is 0. The van der Waals surface area contributed by atoms with Crippen LogP contribution in [0.5, 0.6) is 0 Å². The predicted molar refractivity (Wildman–Crippen MR) is 37.4 cm³/mol. The standard InChI is InChI=1S/C8H8O2/c1-6-4-9-5-8-7(6)2-3-10-8/h2-3H,1,4-5H2. The lowest BCUT2D eigenvalue weighted by molar-refractivity contribution is 0.128. The van der Waals surface area contributed by atoms with Crippen molar-refractivity contribution in [3.8, 4) is 0 Å². The molecule has 2 rings (SSSR count). The van der Waals surface area contributed by atoms with Gasteiger partial charge in [0.1, 0.15) is 12.4 Å². The number of ether oxygens (including phenoxy) is 1. The van der Waals surface area contributed by atoms with Crippen LogP contribution in [0.2, 0.25) is 0 Å². The van der Waals surface area contributed by atoms with Crippen LogP contribution in [0.4, 0.5) is 0 Å². The summed E-state index contributed by atoms with van der Waals surface area (Å²) >= 11 is 0. The Hall–Kier alpha value is -1.02. The average Bonchev–Trinajstić information content (AvgIpc) is 2.36. The highest BCUT2D eigenvalue weighted by Crippen LogP contribution is 2.24. The lowest BCUT2D eigenvalue weighted by Crippen LogP contribution is -2.05. The van der Waals surface area contributed by atoms with Crippen molar-refractivity contribution in [1.29, 1.82) is 0 Å². The van der Waals surface area contributed by atoms with Gasteiger partial charge in [-0.3, -0.25) is 0 Å². The SMILES string of the molecule is C=C1COCc2occc21. The van der Waals surface area contributed by atoms with Gasteiger partial charge in [-0.25, -0.2) is 0 Å². The molecule has 1 aromatic rings. The normalized spacial score (nSPS) is 17.0. The van der Waals surface area contributed by atoms with Gasteiger partial charge in [-0.15, -0.1) is 0 Å². The molecular formula is C8H8O2. The van der Waals surface area contributed by atoms with Crippen molar-refractivity contribution in [1.82, 2.24) is 0 Å². The first kappa shape index (κ1) is 5.74. The lowest BCUT2D eigenvalue weighted by atomic mass is 10.1. The van der Waals surface area contributed by atoms with Gasteiger partial charge >= 0.3 is 0 Å². The molecule has 1 aliphatic heterocycles. The Kier molecular flexibility index (Phi) is 1.14. The van der Waals surface area contributed by atoms with E-state index in [4.69, 9.17) is 9.15 Å². The Bertz CT molecular complexity index is 260. The van der Waals surface area contributed by atoms with Gasteiger partial charge in [0, 0.05) is 5.56 Å². The Morgan fingerprint density at radius 1 is 1.40 bits per heavy atom. The van der Waals surface area contributed by atoms with Crippen molar-refractivity contribution in [2.24, 2.45) is 0 Å². The van der Waals surface area contributed by atoms with E-state index in [-0.39, 0.29) is 0 Å². The van der Waals surface area contributed by atoms with Gasteiger partial charge in [-0.05, 0) is 11.6 Å². The number of fused-ring (bicyclic) bond motifs is 1. The molecule has 0 spiro atoms. The molecule has 0 amide bonds. The third-order valence-corrected chi connectivity index (χ3v) is 1.64. The quantitative estimate of drug-likeness (QED) is 0.542. The van der Waals surface area contributed by atoms with E-state index in [9.17, 15) is 0 Å². The molecule has 2 heterocycles. The van der Waals surface area contributed by atoms with Gasteiger partial charge in [0.25, 0.3) is 0 Å². The first-order valence-corrected chi connectivity index (χ1v) is 3.20. The van der Waals surface area contributed by atoms with E-state index < -0.39 is 0 Å². The third kappa shape index (κ3) is 0.693. The van der Waals surface area contributed by atoms with Gasteiger partial charge in [0.15, 0.2) is 0 Å². The summed E-state index contributed by atoms with van der Waals surface area (Å²) in [5.74, 6) is 0.899. The summed E-state index contributed by atoms with van der Waals surface area (Å²) in [7, 11) is 0. The smallest absolute Gasteiger partial charge is 0.136 e. The first-order valence-electron chi connectivity index (χ1n) is 3.20. The molecule has 2 heteroatoms. The zero-order chi connectivity index (χ0) is 6.97. The molecule has 0 radical (unpaired) electrons. The second-order valence-corrected chi connectivity index (χ2v) is 2.35. The van der Waals surface area contributed by atoms with Crippen LogP contribution >= 0.6 is 0 Å². The Morgan fingerprint density at radius 2 is 2.30 bits per heavy atom. The number of furan rings is 1. The van der Waals surface area contributed by atoms with E-state index in [1.54, 1.807) is 6.26 Å². The highest BCUT2D eigenvalue weighted by molar-refractivity contribution is 5.66. The Morgan fingerprint density at radius 3 is 3.10 bits per heavy atom. The number of hydrogen-bond donors (Lipinski definition) is 0. The van der Waals surface area contributed by atoms with E-state index in [1.165, 1.54) is 0 Å². The zero-order valence-corrected chi connectivity index (χ0v) is 5.59. The van der Waals surface area contributed by atoms with Gasteiger partial charge < -0.3 is 9.15 Å². The van der Waals surface area contributed by atoms with Crippen LogP contribution in [-0.2, 0) is 11.3 Å². The average molecular weight is 136 g/mol. The van der Waals surface area contributed by atoms with E-state index >= 15 is 0 Å². The third-order valence-electron chi connectivity index (χ3n) is 1.64. The molecule has 0 saturated carbocycles. The maximum atomic E-state index is 5.17. The molecule has 0 saturated heterocycles. The minimum atomic E-state index is 0.585. The largest absolute Gasteiger partial charge is 0.466 e. The Balaban J connectivity index is 2.50. The highest BCUT2D eigenvalue weighted by atomic mass is 16.5. The molecule has 10 heavy (non-hydrogen) atoms. The first-order chi connectivity index (χ1) is 4.88. The van der Waals surface area contributed by atoms with Gasteiger partial charge in [0.05, 0.1) is 12.9 Å². The minimum absolute atomic E-state index is 0.585. The maximum Gasteiger partial charge on any atom is 0.136 e. The summed E-state index contributed by atoms with van der Waals surface area (Å²) in [6, 6.07) is 1.93. The molecule has 0 aromatic carbocycles. The van der Waals surface area contributed by atoms with Gasteiger partial charge in [-0.1, -0.05) is 6.58 Å². The Labute approximate surface area is 59.1 Å². The second-order valence-electron chi connectivity index (χ2n) is 2.35. The second kappa shape index (κ2) is 1.99. The van der Waals surface area contributed by atoms with Crippen molar-refractivity contribution in [2.75, 3.05) is 6.61 Å². The molecule has 0 unspecified atom stereocenters. The fraction of sp³-hybridized carbons (Fsp3) is 0.250. The van der Waals surface area contributed by atoms with Gasteiger partial charge in [0.2, 0.25) is 0 Å². The monoisotopic (exact) mass is 136 g/mol. The molecule has 0 fully saturated rings. The summed E-state index contributed by atoms with van der Waals surface area (Å²) in [6.07, 6.45) is 1.67. The molecule has 1 aliphatic rings. The van der Waals surface area contributed by atoms with Crippen LogP contribution in [0, 0.1) is 0 Å². The lowest BCUT2D eigenvalue weighted by Gasteiger charge is -2.12. The molecule has 1 aromatic heterocycles. The predicted octanol–water partition coefficient (Wildman–Crippen LogP) is 1.82. The maximum absolute atomic E-state index is 5.17. The fourth-order valence-electron chi connectivity index (χ4n) is 1.11.